The molecule has 0 aromatic carbocycles. The molecule has 0 aliphatic heterocycles. The molecular weight excluding hydrogens is 168 g/mol. The number of aromatic nitrogens is 2. The third-order valence-corrected chi connectivity index (χ3v) is 2.27. The number of aryl methyl sites for hydroxylation is 2. The lowest BCUT2D eigenvalue weighted by Crippen LogP contribution is -2.24. The zero-order valence-electron chi connectivity index (χ0n) is 8.13. The van der Waals surface area contributed by atoms with Crippen molar-refractivity contribution in [2.75, 3.05) is 0 Å². The van der Waals surface area contributed by atoms with Crippen molar-refractivity contribution in [3.63, 3.8) is 0 Å². The van der Waals surface area contributed by atoms with E-state index >= 15 is 0 Å². The van der Waals surface area contributed by atoms with Gasteiger partial charge in [-0.2, -0.15) is 5.10 Å². The first-order chi connectivity index (χ1) is 6.02. The molecule has 0 N–H and O–H groups in total. The molecule has 0 radical (unpaired) electrons. The van der Waals surface area contributed by atoms with Crippen LogP contribution in [0.3, 0.4) is 0 Å². The Hall–Kier alpha value is -1.32. The monoisotopic (exact) mass is 181 g/mol. The molecule has 0 saturated carbocycles. The van der Waals surface area contributed by atoms with E-state index in [9.17, 15) is 9.90 Å². The van der Waals surface area contributed by atoms with Crippen LogP contribution in [0.4, 0.5) is 0 Å². The molecule has 0 amide bonds. The highest BCUT2D eigenvalue weighted by atomic mass is 16.4. The molecule has 0 atom stereocenters. The van der Waals surface area contributed by atoms with Crippen LogP contribution in [0.1, 0.15) is 23.4 Å². The number of carboxylic acids is 1. The van der Waals surface area contributed by atoms with E-state index in [0.29, 0.717) is 6.54 Å². The van der Waals surface area contributed by atoms with Crippen LogP contribution in [0.2, 0.25) is 0 Å². The van der Waals surface area contributed by atoms with E-state index in [-0.39, 0.29) is 6.42 Å². The fraction of sp³-hybridized carbons (Fsp3) is 0.556. The number of nitrogens with zero attached hydrogens (tertiary/aromatic N) is 2. The zero-order chi connectivity index (χ0) is 10.0. The lowest BCUT2D eigenvalue weighted by Gasteiger charge is -2.04. The van der Waals surface area contributed by atoms with E-state index < -0.39 is 5.97 Å². The fourth-order valence-electron chi connectivity index (χ4n) is 1.20. The minimum absolute atomic E-state index is 0.0153. The predicted octanol–water partition coefficient (Wildman–Crippen LogP) is -0.0516. The summed E-state index contributed by atoms with van der Waals surface area (Å²) in [5.41, 5.74) is 3.10. The van der Waals surface area contributed by atoms with E-state index in [0.717, 1.165) is 17.0 Å². The van der Waals surface area contributed by atoms with Crippen molar-refractivity contribution < 1.29 is 9.90 Å². The Morgan fingerprint density at radius 2 is 2.08 bits per heavy atom. The smallest absolute Gasteiger partial charge is 0.0625 e. The van der Waals surface area contributed by atoms with Crippen molar-refractivity contribution in [3.8, 4) is 0 Å². The minimum atomic E-state index is -1.04. The van der Waals surface area contributed by atoms with Crippen LogP contribution in [0.15, 0.2) is 0 Å². The Kier molecular flexibility index (Phi) is 2.70. The van der Waals surface area contributed by atoms with Crippen molar-refractivity contribution in [2.24, 2.45) is 0 Å². The molecule has 0 unspecified atom stereocenters. The maximum Gasteiger partial charge on any atom is 0.0625 e. The van der Waals surface area contributed by atoms with Gasteiger partial charge < -0.3 is 9.90 Å². The summed E-state index contributed by atoms with van der Waals surface area (Å²) in [5.74, 6) is -1.04. The Morgan fingerprint density at radius 3 is 2.46 bits per heavy atom. The van der Waals surface area contributed by atoms with Crippen molar-refractivity contribution >= 4 is 5.97 Å². The summed E-state index contributed by atoms with van der Waals surface area (Å²) in [6.45, 7) is 6.22. The average Bonchev–Trinajstić information content (AvgIpc) is 2.29. The standard InChI is InChI=1S/C9H14N2O2/c1-6-7(2)10-11(8(6)3)5-4-9(12)13/h4-5H2,1-3H3,(H,12,13)/p-1. The minimum Gasteiger partial charge on any atom is -0.550 e. The molecule has 0 aliphatic rings. The number of aliphatic carboxylic acids is 1. The maximum atomic E-state index is 10.2. The number of carbonyl (C=O) groups is 1. The summed E-state index contributed by atoms with van der Waals surface area (Å²) >= 11 is 0. The normalized spacial score (nSPS) is 10.4. The Balaban J connectivity index is 2.78. The SMILES string of the molecule is Cc1nn(CCC(=O)[O-])c(C)c1C. The highest BCUT2D eigenvalue weighted by Gasteiger charge is 2.05. The van der Waals surface area contributed by atoms with Gasteiger partial charge >= 0.3 is 0 Å². The highest BCUT2D eigenvalue weighted by molar-refractivity contribution is 5.64. The van der Waals surface area contributed by atoms with Gasteiger partial charge in [-0.1, -0.05) is 0 Å². The summed E-state index contributed by atoms with van der Waals surface area (Å²) < 4.78 is 1.71. The van der Waals surface area contributed by atoms with Gasteiger partial charge in [0.2, 0.25) is 0 Å². The van der Waals surface area contributed by atoms with E-state index in [4.69, 9.17) is 0 Å². The molecule has 1 aromatic rings. The second-order valence-corrected chi connectivity index (χ2v) is 3.14. The molecule has 4 heteroatoms. The Morgan fingerprint density at radius 1 is 1.46 bits per heavy atom. The quantitative estimate of drug-likeness (QED) is 0.656. The molecule has 0 spiro atoms. The summed E-state index contributed by atoms with van der Waals surface area (Å²) in [7, 11) is 0. The van der Waals surface area contributed by atoms with Crippen LogP contribution in [-0.4, -0.2) is 15.7 Å². The number of carbonyl (C=O) groups excluding carboxylic acids is 1. The zero-order valence-corrected chi connectivity index (χ0v) is 8.13. The van der Waals surface area contributed by atoms with Gasteiger partial charge in [-0.25, -0.2) is 0 Å². The summed E-state index contributed by atoms with van der Waals surface area (Å²) in [4.78, 5) is 10.2. The first-order valence-corrected chi connectivity index (χ1v) is 4.23. The largest absolute Gasteiger partial charge is 0.550 e. The summed E-state index contributed by atoms with van der Waals surface area (Å²) in [5, 5.41) is 14.4. The van der Waals surface area contributed by atoms with Crippen LogP contribution >= 0.6 is 0 Å². The first kappa shape index (κ1) is 9.77. The molecule has 13 heavy (non-hydrogen) atoms. The first-order valence-electron chi connectivity index (χ1n) is 4.23. The van der Waals surface area contributed by atoms with Gasteiger partial charge in [0.25, 0.3) is 0 Å². The van der Waals surface area contributed by atoms with E-state index in [1.807, 2.05) is 20.8 Å². The number of rotatable bonds is 3. The van der Waals surface area contributed by atoms with Gasteiger partial charge in [-0.15, -0.1) is 0 Å². The van der Waals surface area contributed by atoms with Gasteiger partial charge in [-0.05, 0) is 26.3 Å². The fourth-order valence-corrected chi connectivity index (χ4v) is 1.20. The highest BCUT2D eigenvalue weighted by Crippen LogP contribution is 2.10. The van der Waals surface area contributed by atoms with Crippen molar-refractivity contribution in [2.45, 2.75) is 33.7 Å². The van der Waals surface area contributed by atoms with Gasteiger partial charge in [0.1, 0.15) is 0 Å². The number of carboxylic acid groups (broad SMARTS) is 1. The topological polar surface area (TPSA) is 58.0 Å². The van der Waals surface area contributed by atoms with Crippen LogP contribution in [-0.2, 0) is 11.3 Å². The average molecular weight is 181 g/mol. The maximum absolute atomic E-state index is 10.2. The molecule has 1 aromatic heterocycles. The predicted molar refractivity (Wildman–Crippen MR) is 46.1 cm³/mol. The molecule has 0 saturated heterocycles. The van der Waals surface area contributed by atoms with Crippen LogP contribution in [0, 0.1) is 20.8 Å². The van der Waals surface area contributed by atoms with E-state index in [1.54, 1.807) is 4.68 Å². The molecule has 1 heterocycles. The number of hydrogen-bond acceptors (Lipinski definition) is 3. The molecule has 1 rings (SSSR count). The molecule has 4 nitrogen and oxygen atoms in total. The van der Waals surface area contributed by atoms with Crippen LogP contribution in [0.5, 0.6) is 0 Å². The van der Waals surface area contributed by atoms with Gasteiger partial charge in [0, 0.05) is 24.6 Å². The van der Waals surface area contributed by atoms with Gasteiger partial charge in [0.05, 0.1) is 5.69 Å². The van der Waals surface area contributed by atoms with E-state index in [1.165, 1.54) is 0 Å². The van der Waals surface area contributed by atoms with Crippen molar-refractivity contribution in [3.05, 3.63) is 17.0 Å². The Labute approximate surface area is 77.2 Å². The van der Waals surface area contributed by atoms with Crippen LogP contribution in [0.25, 0.3) is 0 Å². The summed E-state index contributed by atoms with van der Waals surface area (Å²) in [6.07, 6.45) is 0.0153. The van der Waals surface area contributed by atoms with Gasteiger partial charge in [-0.3, -0.25) is 4.68 Å². The molecule has 0 bridgehead atoms. The molecule has 0 aliphatic carbocycles. The Bertz CT molecular complexity index is 329. The van der Waals surface area contributed by atoms with Gasteiger partial charge in [0.15, 0.2) is 0 Å². The second kappa shape index (κ2) is 3.60. The lowest BCUT2D eigenvalue weighted by molar-refractivity contribution is -0.306. The van der Waals surface area contributed by atoms with Crippen molar-refractivity contribution in [1.29, 1.82) is 0 Å². The third-order valence-electron chi connectivity index (χ3n) is 2.27. The molecular formula is C9H13N2O2-. The molecule has 72 valence electrons. The second-order valence-electron chi connectivity index (χ2n) is 3.14. The van der Waals surface area contributed by atoms with Crippen LogP contribution < -0.4 is 5.11 Å². The van der Waals surface area contributed by atoms with E-state index in [2.05, 4.69) is 5.10 Å². The third kappa shape index (κ3) is 2.08. The number of hydrogen-bond donors (Lipinski definition) is 0. The molecule has 0 fully saturated rings. The summed E-state index contributed by atoms with van der Waals surface area (Å²) in [6, 6.07) is 0. The lowest BCUT2D eigenvalue weighted by atomic mass is 10.2. The van der Waals surface area contributed by atoms with Crippen molar-refractivity contribution in [1.82, 2.24) is 9.78 Å².